The van der Waals surface area contributed by atoms with Gasteiger partial charge in [0.1, 0.15) is 24.9 Å². The quantitative estimate of drug-likeness (QED) is 0.0442. The predicted octanol–water partition coefficient (Wildman–Crippen LogP) is 11.4. The van der Waals surface area contributed by atoms with Crippen LogP contribution in [0.15, 0.2) is 0 Å². The number of aliphatic hydroxyl groups is 3. The van der Waals surface area contributed by atoms with Crippen molar-refractivity contribution in [2.24, 2.45) is 5.92 Å². The van der Waals surface area contributed by atoms with Gasteiger partial charge in [0.05, 0.1) is 18.6 Å². The molecule has 0 aromatic carbocycles. The fourth-order valence-electron chi connectivity index (χ4n) is 6.76. The zero-order valence-electron chi connectivity index (χ0n) is 32.6. The summed E-state index contributed by atoms with van der Waals surface area (Å²) < 4.78 is 11.4. The lowest BCUT2D eigenvalue weighted by atomic mass is 9.94. The molecule has 48 heavy (non-hydrogen) atoms. The van der Waals surface area contributed by atoms with Gasteiger partial charge in [-0.1, -0.05) is 194 Å². The molecule has 0 amide bonds. The normalized spacial score (nSPS) is 13.8. The molecule has 3 N–H and O–H groups in total. The van der Waals surface area contributed by atoms with E-state index in [1.54, 1.807) is 0 Å². The minimum atomic E-state index is -1.34. The Morgan fingerprint density at radius 3 is 1.12 bits per heavy atom. The van der Waals surface area contributed by atoms with E-state index in [-0.39, 0.29) is 24.6 Å². The molecule has 0 aromatic heterocycles. The van der Waals surface area contributed by atoms with Crippen molar-refractivity contribution in [1.82, 2.24) is 0 Å². The Bertz CT molecular complexity index is 624. The van der Waals surface area contributed by atoms with Crippen LogP contribution in [-0.2, 0) is 14.3 Å². The molecule has 0 saturated heterocycles. The molecular weight excluding hydrogens is 600 g/mol. The second-order valence-electron chi connectivity index (χ2n) is 15.1. The maximum absolute atomic E-state index is 13.3. The number of hydrogen-bond acceptors (Lipinski definition) is 6. The maximum atomic E-state index is 13.3. The topological polar surface area (TPSA) is 96.2 Å². The first-order valence-electron chi connectivity index (χ1n) is 21.2. The summed E-state index contributed by atoms with van der Waals surface area (Å²) in [7, 11) is 0. The van der Waals surface area contributed by atoms with E-state index >= 15 is 0 Å². The highest BCUT2D eigenvalue weighted by molar-refractivity contribution is 5.72. The molecular formula is C42H84O6. The van der Waals surface area contributed by atoms with Gasteiger partial charge in [0.25, 0.3) is 0 Å². The van der Waals surface area contributed by atoms with Gasteiger partial charge in [-0.3, -0.25) is 4.79 Å². The summed E-state index contributed by atoms with van der Waals surface area (Å²) in [4.78, 5) is 13.3. The van der Waals surface area contributed by atoms with Crippen LogP contribution in [0.1, 0.15) is 220 Å². The van der Waals surface area contributed by atoms with Crippen LogP contribution in [0, 0.1) is 5.92 Å². The van der Waals surface area contributed by atoms with E-state index in [0.29, 0.717) is 0 Å². The zero-order chi connectivity index (χ0) is 35.5. The number of hydrogen-bond donors (Lipinski definition) is 3. The number of unbranched alkanes of at least 4 members (excludes halogenated alkanes) is 26. The highest BCUT2D eigenvalue weighted by Crippen LogP contribution is 2.22. The summed E-state index contributed by atoms with van der Waals surface area (Å²) in [6, 6.07) is 0. The molecule has 288 valence electrons. The third kappa shape index (κ3) is 30.2. The minimum absolute atomic E-state index is 0.122. The van der Waals surface area contributed by atoms with Crippen LogP contribution in [0.4, 0.5) is 0 Å². The Morgan fingerprint density at radius 1 is 0.521 bits per heavy atom. The number of carbonyl (C=O) groups is 1. The lowest BCUT2D eigenvalue weighted by Crippen LogP contribution is -2.45. The summed E-state index contributed by atoms with van der Waals surface area (Å²) in [5, 5.41) is 29.7. The standard InChI is InChI=1S/C42H84O6/c1-5-7-9-11-13-15-17-19-21-23-25-27-29-31-33-38(42(46)47-36-40(48-37(3)4)41(45)39(44)35-43)34-32-30-28-26-24-22-20-18-16-14-12-10-8-6-2/h37-41,43-45H,5-36H2,1-4H3/t39?,40?,41-/m0/s1. The Labute approximate surface area is 298 Å². The highest BCUT2D eigenvalue weighted by atomic mass is 16.6. The number of rotatable bonds is 38. The van der Waals surface area contributed by atoms with Crippen molar-refractivity contribution in [3.05, 3.63) is 0 Å². The summed E-state index contributed by atoms with van der Waals surface area (Å²) in [6.07, 6.45) is 34.8. The van der Waals surface area contributed by atoms with E-state index in [1.165, 1.54) is 154 Å². The van der Waals surface area contributed by atoms with E-state index in [1.807, 2.05) is 13.8 Å². The van der Waals surface area contributed by atoms with Crippen molar-refractivity contribution in [3.8, 4) is 0 Å². The summed E-state index contributed by atoms with van der Waals surface area (Å²) in [6.45, 7) is 7.52. The SMILES string of the molecule is CCCCCCCCCCCCCCCCC(CCCCCCCCCCCCCCCC)C(=O)OCC(OC(C)C)[C@@H](O)C(O)CO. The first-order valence-corrected chi connectivity index (χ1v) is 21.2. The second-order valence-corrected chi connectivity index (χ2v) is 15.1. The molecule has 2 unspecified atom stereocenters. The van der Waals surface area contributed by atoms with Gasteiger partial charge >= 0.3 is 5.97 Å². The third-order valence-electron chi connectivity index (χ3n) is 9.94. The molecule has 3 atom stereocenters. The Hall–Kier alpha value is -0.690. The van der Waals surface area contributed by atoms with E-state index in [4.69, 9.17) is 9.47 Å². The van der Waals surface area contributed by atoms with Gasteiger partial charge < -0.3 is 24.8 Å². The minimum Gasteiger partial charge on any atom is -0.463 e. The van der Waals surface area contributed by atoms with Crippen LogP contribution in [0.25, 0.3) is 0 Å². The first-order chi connectivity index (χ1) is 23.4. The van der Waals surface area contributed by atoms with Crippen molar-refractivity contribution >= 4 is 5.97 Å². The molecule has 0 aromatic rings. The fourth-order valence-corrected chi connectivity index (χ4v) is 6.76. The van der Waals surface area contributed by atoms with Gasteiger partial charge in [-0.15, -0.1) is 0 Å². The molecule has 0 spiro atoms. The smallest absolute Gasteiger partial charge is 0.309 e. The van der Waals surface area contributed by atoms with Crippen LogP contribution >= 0.6 is 0 Å². The molecule has 0 aliphatic heterocycles. The van der Waals surface area contributed by atoms with Crippen molar-refractivity contribution in [1.29, 1.82) is 0 Å². The van der Waals surface area contributed by atoms with Gasteiger partial charge in [-0.2, -0.15) is 0 Å². The lowest BCUT2D eigenvalue weighted by Gasteiger charge is -2.28. The monoisotopic (exact) mass is 685 g/mol. The largest absolute Gasteiger partial charge is 0.463 e. The van der Waals surface area contributed by atoms with Crippen LogP contribution in [-0.4, -0.2) is 58.9 Å². The molecule has 0 radical (unpaired) electrons. The van der Waals surface area contributed by atoms with Crippen molar-refractivity contribution in [2.45, 2.75) is 245 Å². The molecule has 0 fully saturated rings. The van der Waals surface area contributed by atoms with E-state index in [0.717, 1.165) is 38.5 Å². The van der Waals surface area contributed by atoms with Gasteiger partial charge in [-0.25, -0.2) is 0 Å². The van der Waals surface area contributed by atoms with Crippen LogP contribution in [0.2, 0.25) is 0 Å². The van der Waals surface area contributed by atoms with Crippen LogP contribution in [0.5, 0.6) is 0 Å². The molecule has 0 saturated carbocycles. The molecule has 0 rings (SSSR count). The van der Waals surface area contributed by atoms with Gasteiger partial charge in [0.15, 0.2) is 0 Å². The first kappa shape index (κ1) is 47.3. The Kier molecular flexibility index (Phi) is 35.6. The van der Waals surface area contributed by atoms with Crippen LogP contribution in [0.3, 0.4) is 0 Å². The van der Waals surface area contributed by atoms with Gasteiger partial charge in [-0.05, 0) is 26.7 Å². The molecule has 0 heterocycles. The number of aliphatic hydroxyl groups excluding tert-OH is 3. The molecule has 0 aliphatic rings. The Morgan fingerprint density at radius 2 is 0.833 bits per heavy atom. The van der Waals surface area contributed by atoms with Crippen molar-refractivity contribution in [2.75, 3.05) is 13.2 Å². The van der Waals surface area contributed by atoms with E-state index in [2.05, 4.69) is 13.8 Å². The van der Waals surface area contributed by atoms with Crippen molar-refractivity contribution in [3.63, 3.8) is 0 Å². The third-order valence-corrected chi connectivity index (χ3v) is 9.94. The van der Waals surface area contributed by atoms with Gasteiger partial charge in [0, 0.05) is 0 Å². The van der Waals surface area contributed by atoms with Crippen LogP contribution < -0.4 is 0 Å². The molecule has 6 heteroatoms. The summed E-state index contributed by atoms with van der Waals surface area (Å²) >= 11 is 0. The lowest BCUT2D eigenvalue weighted by molar-refractivity contribution is -0.166. The molecule has 0 bridgehead atoms. The number of esters is 1. The number of ether oxygens (including phenoxy) is 2. The second kappa shape index (κ2) is 36.1. The van der Waals surface area contributed by atoms with Crippen molar-refractivity contribution < 1.29 is 29.6 Å². The molecule has 6 nitrogen and oxygen atoms in total. The summed E-state index contributed by atoms with van der Waals surface area (Å²) in [5.74, 6) is -0.360. The fraction of sp³-hybridized carbons (Fsp3) is 0.976. The predicted molar refractivity (Wildman–Crippen MR) is 203 cm³/mol. The average Bonchev–Trinajstić information content (AvgIpc) is 3.08. The van der Waals surface area contributed by atoms with E-state index < -0.39 is 24.9 Å². The van der Waals surface area contributed by atoms with E-state index in [9.17, 15) is 20.1 Å². The Balaban J connectivity index is 4.44. The highest BCUT2D eigenvalue weighted by Gasteiger charge is 2.30. The number of carbonyl (C=O) groups excluding carboxylic acids is 1. The molecule has 0 aliphatic carbocycles. The van der Waals surface area contributed by atoms with Gasteiger partial charge in [0.2, 0.25) is 0 Å². The maximum Gasteiger partial charge on any atom is 0.309 e. The zero-order valence-corrected chi connectivity index (χ0v) is 32.6. The summed E-state index contributed by atoms with van der Waals surface area (Å²) in [5.41, 5.74) is 0. The average molecular weight is 685 g/mol.